The largest absolute Gasteiger partial charge is 0.467 e. The highest BCUT2D eigenvalue weighted by atomic mass is 16.5. The Hall–Kier alpha value is -1.51. The zero-order valence-electron chi connectivity index (χ0n) is 9.77. The number of benzene rings is 1. The molecule has 1 atom stereocenters. The van der Waals surface area contributed by atoms with Gasteiger partial charge >= 0.3 is 5.97 Å². The van der Waals surface area contributed by atoms with Gasteiger partial charge in [0.05, 0.1) is 7.11 Å². The molecule has 0 spiro atoms. The SMILES string of the molecule is CCc1cccc(N2CCC2C(=O)OC)c1. The minimum absolute atomic E-state index is 0.0860. The molecule has 0 aliphatic carbocycles. The van der Waals surface area contributed by atoms with Gasteiger partial charge in [0, 0.05) is 12.2 Å². The van der Waals surface area contributed by atoms with E-state index in [0.29, 0.717) is 0 Å². The van der Waals surface area contributed by atoms with E-state index >= 15 is 0 Å². The number of hydrogen-bond acceptors (Lipinski definition) is 3. The molecule has 1 fully saturated rings. The highest BCUT2D eigenvalue weighted by Gasteiger charge is 2.34. The van der Waals surface area contributed by atoms with E-state index in [1.165, 1.54) is 12.7 Å². The zero-order valence-corrected chi connectivity index (χ0v) is 9.77. The van der Waals surface area contributed by atoms with Crippen molar-refractivity contribution in [3.63, 3.8) is 0 Å². The lowest BCUT2D eigenvalue weighted by Gasteiger charge is -2.40. The maximum atomic E-state index is 11.5. The lowest BCUT2D eigenvalue weighted by molar-refractivity contribution is -0.143. The van der Waals surface area contributed by atoms with Crippen molar-refractivity contribution in [1.29, 1.82) is 0 Å². The third kappa shape index (κ3) is 1.90. The van der Waals surface area contributed by atoms with Crippen LogP contribution in [0.25, 0.3) is 0 Å². The molecular formula is C13H17NO2. The van der Waals surface area contributed by atoms with Crippen LogP contribution in [0.3, 0.4) is 0 Å². The average molecular weight is 219 g/mol. The standard InChI is InChI=1S/C13H17NO2/c1-3-10-5-4-6-11(9-10)14-8-7-12(14)13(15)16-2/h4-6,9,12H,3,7-8H2,1-2H3. The third-order valence-electron chi connectivity index (χ3n) is 3.14. The predicted octanol–water partition coefficient (Wildman–Crippen LogP) is 2.00. The van der Waals surface area contributed by atoms with Crippen molar-refractivity contribution in [2.75, 3.05) is 18.6 Å². The zero-order chi connectivity index (χ0) is 11.5. The van der Waals surface area contributed by atoms with Crippen molar-refractivity contribution < 1.29 is 9.53 Å². The summed E-state index contributed by atoms with van der Waals surface area (Å²) < 4.78 is 4.78. The Balaban J connectivity index is 2.15. The molecule has 3 nitrogen and oxygen atoms in total. The molecule has 16 heavy (non-hydrogen) atoms. The van der Waals surface area contributed by atoms with Gasteiger partial charge in [0.15, 0.2) is 0 Å². The summed E-state index contributed by atoms with van der Waals surface area (Å²) in [6.45, 7) is 3.07. The summed E-state index contributed by atoms with van der Waals surface area (Å²) in [5.74, 6) is -0.131. The van der Waals surface area contributed by atoms with Crippen molar-refractivity contribution in [2.24, 2.45) is 0 Å². The molecule has 0 amide bonds. The quantitative estimate of drug-likeness (QED) is 0.728. The lowest BCUT2D eigenvalue weighted by atomic mass is 10.0. The minimum atomic E-state index is -0.131. The molecule has 1 aliphatic rings. The van der Waals surface area contributed by atoms with Gasteiger partial charge in [-0.05, 0) is 30.5 Å². The van der Waals surface area contributed by atoms with Gasteiger partial charge in [-0.1, -0.05) is 19.1 Å². The second-order valence-electron chi connectivity index (χ2n) is 4.04. The molecule has 0 N–H and O–H groups in total. The van der Waals surface area contributed by atoms with E-state index in [4.69, 9.17) is 4.74 Å². The number of carbonyl (C=O) groups excluding carboxylic acids is 1. The summed E-state index contributed by atoms with van der Waals surface area (Å²) in [5.41, 5.74) is 2.43. The number of ether oxygens (including phenoxy) is 1. The number of carbonyl (C=O) groups is 1. The Bertz CT molecular complexity index is 389. The maximum absolute atomic E-state index is 11.5. The van der Waals surface area contributed by atoms with Crippen LogP contribution >= 0.6 is 0 Å². The molecule has 1 aromatic carbocycles. The van der Waals surface area contributed by atoms with Crippen LogP contribution < -0.4 is 4.90 Å². The first-order chi connectivity index (χ1) is 7.76. The van der Waals surface area contributed by atoms with E-state index in [-0.39, 0.29) is 12.0 Å². The molecule has 1 heterocycles. The highest BCUT2D eigenvalue weighted by molar-refractivity contribution is 5.82. The minimum Gasteiger partial charge on any atom is -0.467 e. The van der Waals surface area contributed by atoms with Crippen molar-refractivity contribution in [1.82, 2.24) is 0 Å². The Labute approximate surface area is 96.0 Å². The van der Waals surface area contributed by atoms with Gasteiger partial charge in [-0.25, -0.2) is 4.79 Å². The Morgan fingerprint density at radius 1 is 1.56 bits per heavy atom. The molecule has 1 unspecified atom stereocenters. The molecule has 86 valence electrons. The van der Waals surface area contributed by atoms with Gasteiger partial charge in [0.25, 0.3) is 0 Å². The maximum Gasteiger partial charge on any atom is 0.328 e. The van der Waals surface area contributed by atoms with Gasteiger partial charge in [0.2, 0.25) is 0 Å². The Morgan fingerprint density at radius 2 is 2.38 bits per heavy atom. The number of methoxy groups -OCH3 is 1. The lowest BCUT2D eigenvalue weighted by Crippen LogP contribution is -2.53. The molecule has 1 aliphatic heterocycles. The molecule has 0 saturated carbocycles. The summed E-state index contributed by atoms with van der Waals surface area (Å²) in [7, 11) is 1.45. The number of rotatable bonds is 3. The number of anilines is 1. The van der Waals surface area contributed by atoms with Crippen molar-refractivity contribution >= 4 is 11.7 Å². The van der Waals surface area contributed by atoms with E-state index in [1.54, 1.807) is 0 Å². The fourth-order valence-electron chi connectivity index (χ4n) is 2.03. The van der Waals surface area contributed by atoms with Gasteiger partial charge < -0.3 is 9.64 Å². The van der Waals surface area contributed by atoms with Crippen LogP contribution in [-0.2, 0) is 16.0 Å². The predicted molar refractivity (Wildman–Crippen MR) is 63.6 cm³/mol. The van der Waals surface area contributed by atoms with Crippen molar-refractivity contribution in [3.8, 4) is 0 Å². The Morgan fingerprint density at radius 3 is 2.94 bits per heavy atom. The second kappa shape index (κ2) is 4.56. The first-order valence-electron chi connectivity index (χ1n) is 5.69. The van der Waals surface area contributed by atoms with Crippen LogP contribution in [0.2, 0.25) is 0 Å². The molecule has 1 saturated heterocycles. The number of hydrogen-bond donors (Lipinski definition) is 0. The van der Waals surface area contributed by atoms with Crippen LogP contribution in [-0.4, -0.2) is 25.7 Å². The monoisotopic (exact) mass is 219 g/mol. The van der Waals surface area contributed by atoms with Crippen LogP contribution in [0.4, 0.5) is 5.69 Å². The molecule has 1 aromatic rings. The van der Waals surface area contributed by atoms with Gasteiger partial charge in [-0.15, -0.1) is 0 Å². The van der Waals surface area contributed by atoms with Crippen LogP contribution in [0.1, 0.15) is 18.9 Å². The van der Waals surface area contributed by atoms with E-state index in [0.717, 1.165) is 25.1 Å². The van der Waals surface area contributed by atoms with Gasteiger partial charge in [-0.3, -0.25) is 0 Å². The van der Waals surface area contributed by atoms with E-state index in [2.05, 4.69) is 24.0 Å². The Kier molecular flexibility index (Phi) is 3.13. The topological polar surface area (TPSA) is 29.5 Å². The number of aryl methyl sites for hydroxylation is 1. The molecule has 3 heteroatoms. The molecule has 0 bridgehead atoms. The summed E-state index contributed by atoms with van der Waals surface area (Å²) in [6.07, 6.45) is 1.91. The number of nitrogens with zero attached hydrogens (tertiary/aromatic N) is 1. The first-order valence-corrected chi connectivity index (χ1v) is 5.69. The molecule has 0 radical (unpaired) electrons. The fourth-order valence-corrected chi connectivity index (χ4v) is 2.03. The normalized spacial score (nSPS) is 19.1. The average Bonchev–Trinajstić information content (AvgIpc) is 2.27. The van der Waals surface area contributed by atoms with E-state index < -0.39 is 0 Å². The van der Waals surface area contributed by atoms with Crippen molar-refractivity contribution in [2.45, 2.75) is 25.8 Å². The van der Waals surface area contributed by atoms with Crippen LogP contribution in [0, 0.1) is 0 Å². The van der Waals surface area contributed by atoms with Crippen LogP contribution in [0.5, 0.6) is 0 Å². The molecular weight excluding hydrogens is 202 g/mol. The van der Waals surface area contributed by atoms with Crippen molar-refractivity contribution in [3.05, 3.63) is 29.8 Å². The van der Waals surface area contributed by atoms with E-state index in [1.807, 2.05) is 12.1 Å². The number of esters is 1. The van der Waals surface area contributed by atoms with E-state index in [9.17, 15) is 4.79 Å². The molecule has 0 aromatic heterocycles. The molecule has 2 rings (SSSR count). The summed E-state index contributed by atoms with van der Waals surface area (Å²) >= 11 is 0. The van der Waals surface area contributed by atoms with Crippen LogP contribution in [0.15, 0.2) is 24.3 Å². The summed E-state index contributed by atoms with van der Waals surface area (Å²) in [6, 6.07) is 8.26. The van der Waals surface area contributed by atoms with Gasteiger partial charge in [0.1, 0.15) is 6.04 Å². The highest BCUT2D eigenvalue weighted by Crippen LogP contribution is 2.27. The summed E-state index contributed by atoms with van der Waals surface area (Å²) in [5, 5.41) is 0. The van der Waals surface area contributed by atoms with Gasteiger partial charge in [-0.2, -0.15) is 0 Å². The summed E-state index contributed by atoms with van der Waals surface area (Å²) in [4.78, 5) is 13.6. The fraction of sp³-hybridized carbons (Fsp3) is 0.462. The third-order valence-corrected chi connectivity index (χ3v) is 3.14. The second-order valence-corrected chi connectivity index (χ2v) is 4.04. The first kappa shape index (κ1) is 11.0. The smallest absolute Gasteiger partial charge is 0.328 e.